The zero-order valence-electron chi connectivity index (χ0n) is 14.8. The maximum absolute atomic E-state index is 11.9. The van der Waals surface area contributed by atoms with Crippen LogP contribution in [-0.4, -0.2) is 27.0 Å². The monoisotopic (exact) mass is 333 g/mol. The second kappa shape index (κ2) is 9.28. The molecule has 0 unspecified atom stereocenters. The van der Waals surface area contributed by atoms with Gasteiger partial charge in [-0.05, 0) is 47.5 Å². The zero-order chi connectivity index (χ0) is 18.1. The minimum atomic E-state index is -0.0453. The van der Waals surface area contributed by atoms with Crippen molar-refractivity contribution < 1.29 is 9.53 Å². The molecule has 0 aliphatic carbocycles. The molecular formula is C22H23NO2. The third-order valence-electron chi connectivity index (χ3n) is 3.63. The maximum Gasteiger partial charge on any atom is 0.178 e. The van der Waals surface area contributed by atoms with E-state index in [1.54, 1.807) is 25.3 Å². The normalized spacial score (nSPS) is 11.5. The maximum atomic E-state index is 11.9. The number of hydrogen-bond acceptors (Lipinski definition) is 3. The Hall–Kier alpha value is -3.07. The fourth-order valence-corrected chi connectivity index (χ4v) is 2.15. The summed E-state index contributed by atoms with van der Waals surface area (Å²) in [5.41, 5.74) is 3.18. The van der Waals surface area contributed by atoms with E-state index < -0.39 is 0 Å². The molecule has 0 saturated carbocycles. The molecule has 2 rings (SSSR count). The number of carbonyl (C=O) groups is 1. The summed E-state index contributed by atoms with van der Waals surface area (Å²) >= 11 is 0. The van der Waals surface area contributed by atoms with Crippen LogP contribution in [-0.2, 0) is 4.79 Å². The SMILES string of the molecule is COc1ccc(C=CC=CC(=O)C=Cc2ccc(N(C)C)cc2)cc1. The lowest BCUT2D eigenvalue weighted by atomic mass is 10.1. The van der Waals surface area contributed by atoms with E-state index in [1.165, 1.54) is 0 Å². The number of anilines is 1. The van der Waals surface area contributed by atoms with Crippen LogP contribution >= 0.6 is 0 Å². The lowest BCUT2D eigenvalue weighted by molar-refractivity contribution is -0.110. The molecule has 2 aromatic carbocycles. The molecule has 3 nitrogen and oxygen atoms in total. The highest BCUT2D eigenvalue weighted by Gasteiger charge is 1.94. The molecule has 0 N–H and O–H groups in total. The molecule has 0 aromatic heterocycles. The van der Waals surface area contributed by atoms with Crippen LogP contribution in [0.15, 0.2) is 72.8 Å². The van der Waals surface area contributed by atoms with Gasteiger partial charge in [0.15, 0.2) is 5.78 Å². The van der Waals surface area contributed by atoms with E-state index in [-0.39, 0.29) is 5.78 Å². The number of rotatable bonds is 7. The highest BCUT2D eigenvalue weighted by molar-refractivity contribution is 6.02. The van der Waals surface area contributed by atoms with E-state index in [4.69, 9.17) is 4.74 Å². The number of methoxy groups -OCH3 is 1. The largest absolute Gasteiger partial charge is 0.497 e. The third kappa shape index (κ3) is 6.15. The molecule has 0 aliphatic heterocycles. The summed E-state index contributed by atoms with van der Waals surface area (Å²) in [5.74, 6) is 0.780. The molecule has 0 bridgehead atoms. The van der Waals surface area contributed by atoms with Gasteiger partial charge in [-0.2, -0.15) is 0 Å². The zero-order valence-corrected chi connectivity index (χ0v) is 14.8. The number of carbonyl (C=O) groups excluding carboxylic acids is 1. The predicted molar refractivity (Wildman–Crippen MR) is 106 cm³/mol. The van der Waals surface area contributed by atoms with Crippen molar-refractivity contribution in [3.8, 4) is 5.75 Å². The van der Waals surface area contributed by atoms with Crippen molar-refractivity contribution in [1.82, 2.24) is 0 Å². The number of hydrogen-bond donors (Lipinski definition) is 0. The van der Waals surface area contributed by atoms with Crippen molar-refractivity contribution in [3.63, 3.8) is 0 Å². The summed E-state index contributed by atoms with van der Waals surface area (Å²) in [6, 6.07) is 15.8. The van der Waals surface area contributed by atoms with Gasteiger partial charge in [0, 0.05) is 19.8 Å². The Labute approximate surface area is 149 Å². The van der Waals surface area contributed by atoms with E-state index in [1.807, 2.05) is 85.8 Å². The average Bonchev–Trinajstić information content (AvgIpc) is 2.64. The van der Waals surface area contributed by atoms with Crippen LogP contribution in [0.2, 0.25) is 0 Å². The van der Waals surface area contributed by atoms with Crippen molar-refractivity contribution in [2.45, 2.75) is 0 Å². The van der Waals surface area contributed by atoms with Gasteiger partial charge < -0.3 is 9.64 Å². The smallest absolute Gasteiger partial charge is 0.178 e. The average molecular weight is 333 g/mol. The van der Waals surface area contributed by atoms with Crippen LogP contribution in [0, 0.1) is 0 Å². The van der Waals surface area contributed by atoms with E-state index in [0.29, 0.717) is 0 Å². The number of nitrogens with zero attached hydrogens (tertiary/aromatic N) is 1. The van der Waals surface area contributed by atoms with E-state index in [9.17, 15) is 4.79 Å². The Morgan fingerprint density at radius 3 is 2.04 bits per heavy atom. The second-order valence-electron chi connectivity index (χ2n) is 5.71. The summed E-state index contributed by atoms with van der Waals surface area (Å²) in [7, 11) is 5.64. The van der Waals surface area contributed by atoms with Gasteiger partial charge in [0.1, 0.15) is 5.75 Å². The fraction of sp³-hybridized carbons (Fsp3) is 0.136. The first kappa shape index (κ1) is 18.3. The Balaban J connectivity index is 1.87. The van der Waals surface area contributed by atoms with Crippen LogP contribution in [0.4, 0.5) is 5.69 Å². The summed E-state index contributed by atoms with van der Waals surface area (Å²) < 4.78 is 5.12. The minimum Gasteiger partial charge on any atom is -0.497 e. The first-order chi connectivity index (χ1) is 12.1. The fourth-order valence-electron chi connectivity index (χ4n) is 2.15. The number of ether oxygens (including phenoxy) is 1. The van der Waals surface area contributed by atoms with Gasteiger partial charge >= 0.3 is 0 Å². The molecule has 0 spiro atoms. The molecule has 3 heteroatoms. The molecule has 2 aromatic rings. The van der Waals surface area contributed by atoms with Crippen LogP contribution in [0.5, 0.6) is 5.75 Å². The Morgan fingerprint density at radius 2 is 1.44 bits per heavy atom. The van der Waals surface area contributed by atoms with Gasteiger partial charge in [-0.3, -0.25) is 4.79 Å². The lowest BCUT2D eigenvalue weighted by Crippen LogP contribution is -2.07. The summed E-state index contributed by atoms with van der Waals surface area (Å²) in [4.78, 5) is 13.9. The van der Waals surface area contributed by atoms with E-state index in [0.717, 1.165) is 22.6 Å². The molecule has 0 radical (unpaired) electrons. The van der Waals surface area contributed by atoms with Gasteiger partial charge in [-0.25, -0.2) is 0 Å². The van der Waals surface area contributed by atoms with E-state index >= 15 is 0 Å². The summed E-state index contributed by atoms with van der Waals surface area (Å²) in [6.07, 6.45) is 10.5. The van der Waals surface area contributed by atoms with Crippen molar-refractivity contribution in [1.29, 1.82) is 0 Å². The highest BCUT2D eigenvalue weighted by atomic mass is 16.5. The van der Waals surface area contributed by atoms with Gasteiger partial charge in [-0.1, -0.05) is 48.6 Å². The minimum absolute atomic E-state index is 0.0453. The van der Waals surface area contributed by atoms with Crippen LogP contribution < -0.4 is 9.64 Å². The van der Waals surface area contributed by atoms with Crippen LogP contribution in [0.3, 0.4) is 0 Å². The topological polar surface area (TPSA) is 29.5 Å². The predicted octanol–water partition coefficient (Wildman–Crippen LogP) is 4.61. The van der Waals surface area contributed by atoms with Gasteiger partial charge in [-0.15, -0.1) is 0 Å². The second-order valence-corrected chi connectivity index (χ2v) is 5.71. The van der Waals surface area contributed by atoms with Gasteiger partial charge in [0.2, 0.25) is 0 Å². The van der Waals surface area contributed by atoms with Crippen molar-refractivity contribution >= 4 is 23.6 Å². The Kier molecular flexibility index (Phi) is 6.78. The molecule has 0 aliphatic rings. The van der Waals surface area contributed by atoms with Crippen LogP contribution in [0.25, 0.3) is 12.2 Å². The highest BCUT2D eigenvalue weighted by Crippen LogP contribution is 2.13. The molecule has 0 amide bonds. The summed E-state index contributed by atoms with van der Waals surface area (Å²) in [6.45, 7) is 0. The van der Waals surface area contributed by atoms with Crippen LogP contribution in [0.1, 0.15) is 11.1 Å². The van der Waals surface area contributed by atoms with Gasteiger partial charge in [0.05, 0.1) is 7.11 Å². The number of benzene rings is 2. The molecule has 25 heavy (non-hydrogen) atoms. The Morgan fingerprint density at radius 1 is 0.840 bits per heavy atom. The standard InChI is InChI=1S/C22H23NO2/c1-23(2)20-13-8-19(9-14-20)10-15-21(24)7-5-4-6-18-11-16-22(25-3)17-12-18/h4-17H,1-3H3. The molecule has 128 valence electrons. The quantitative estimate of drug-likeness (QED) is 0.547. The first-order valence-corrected chi connectivity index (χ1v) is 8.07. The molecule has 0 heterocycles. The summed E-state index contributed by atoms with van der Waals surface area (Å²) in [5, 5.41) is 0. The van der Waals surface area contributed by atoms with E-state index in [2.05, 4.69) is 0 Å². The molecule has 0 atom stereocenters. The number of ketones is 1. The molecular weight excluding hydrogens is 310 g/mol. The van der Waals surface area contributed by atoms with Crippen molar-refractivity contribution in [2.75, 3.05) is 26.1 Å². The lowest BCUT2D eigenvalue weighted by Gasteiger charge is -2.11. The first-order valence-electron chi connectivity index (χ1n) is 8.07. The van der Waals surface area contributed by atoms with Crippen molar-refractivity contribution in [2.24, 2.45) is 0 Å². The number of allylic oxidation sites excluding steroid dienone is 4. The molecule has 0 saturated heterocycles. The Bertz CT molecular complexity index is 767. The van der Waals surface area contributed by atoms with Crippen molar-refractivity contribution in [3.05, 3.63) is 84.0 Å². The van der Waals surface area contributed by atoms with Gasteiger partial charge in [0.25, 0.3) is 0 Å². The molecule has 0 fully saturated rings. The third-order valence-corrected chi connectivity index (χ3v) is 3.63.